The van der Waals surface area contributed by atoms with Crippen LogP contribution in [-0.4, -0.2) is 85.7 Å². The molecule has 0 saturated carbocycles. The van der Waals surface area contributed by atoms with Gasteiger partial charge in [0.25, 0.3) is 0 Å². The molecule has 0 fully saturated rings. The lowest BCUT2D eigenvalue weighted by Crippen LogP contribution is -2.60. The monoisotopic (exact) mass is 589 g/mol. The summed E-state index contributed by atoms with van der Waals surface area (Å²) in [6, 6.07) is 7.07. The van der Waals surface area contributed by atoms with Gasteiger partial charge in [0.2, 0.25) is 11.8 Å². The Kier molecular flexibility index (Phi) is 15.9. The predicted molar refractivity (Wildman–Crippen MR) is 162 cm³/mol. The van der Waals surface area contributed by atoms with Gasteiger partial charge in [0.05, 0.1) is 18.6 Å². The largest absolute Gasteiger partial charge is 0.461 e. The minimum atomic E-state index is -0.880. The van der Waals surface area contributed by atoms with E-state index in [0.717, 1.165) is 12.0 Å². The normalized spacial score (nSPS) is 14.7. The van der Waals surface area contributed by atoms with E-state index in [2.05, 4.69) is 11.9 Å². The third-order valence-electron chi connectivity index (χ3n) is 7.48. The Hall–Kier alpha value is -3.40. The summed E-state index contributed by atoms with van der Waals surface area (Å²) in [5, 5.41) is 2.90. The standard InChI is InChI=1S/C32H51N3O7/c1-11-18-41-26(36)19-25(40-10)29(23(7)12-2)34(8)31(38)27(21(3)4)33-30(37)28(22(5)6)35(9)32(39)42-20-24-16-14-13-15-17-24/h11,13-17,21-23,25,27-29H,1,12,18-20H2,2-10H3,(H,33,37)/t23-,25+,27-,28-,29-/m0/s1. The van der Waals surface area contributed by atoms with Crippen LogP contribution in [0.5, 0.6) is 0 Å². The Morgan fingerprint density at radius 2 is 1.57 bits per heavy atom. The maximum Gasteiger partial charge on any atom is 0.410 e. The first-order valence-corrected chi connectivity index (χ1v) is 14.6. The van der Waals surface area contributed by atoms with Crippen LogP contribution in [-0.2, 0) is 35.2 Å². The van der Waals surface area contributed by atoms with Crippen LogP contribution < -0.4 is 5.32 Å². The number of hydrogen-bond acceptors (Lipinski definition) is 7. The number of rotatable bonds is 17. The fraction of sp³-hybridized carbons (Fsp3) is 0.625. The summed E-state index contributed by atoms with van der Waals surface area (Å²) in [6.45, 7) is 15.1. The number of ether oxygens (including phenoxy) is 3. The molecule has 5 atom stereocenters. The van der Waals surface area contributed by atoms with Crippen molar-refractivity contribution in [2.24, 2.45) is 17.8 Å². The molecule has 0 aliphatic carbocycles. The molecular weight excluding hydrogens is 538 g/mol. The smallest absolute Gasteiger partial charge is 0.410 e. The van der Waals surface area contributed by atoms with E-state index in [1.165, 1.54) is 25.1 Å². The van der Waals surface area contributed by atoms with E-state index in [1.807, 2.05) is 71.9 Å². The minimum absolute atomic E-state index is 0.0199. The molecule has 236 valence electrons. The topological polar surface area (TPSA) is 114 Å². The first kappa shape index (κ1) is 36.6. The van der Waals surface area contributed by atoms with Crippen molar-refractivity contribution >= 4 is 23.9 Å². The second kappa shape index (κ2) is 18.2. The predicted octanol–water partition coefficient (Wildman–Crippen LogP) is 4.43. The number of amides is 3. The molecule has 10 nitrogen and oxygen atoms in total. The summed E-state index contributed by atoms with van der Waals surface area (Å²) in [7, 11) is 4.68. The average molecular weight is 590 g/mol. The van der Waals surface area contributed by atoms with E-state index in [9.17, 15) is 19.2 Å². The quantitative estimate of drug-likeness (QED) is 0.211. The van der Waals surface area contributed by atoms with Gasteiger partial charge >= 0.3 is 12.1 Å². The third kappa shape index (κ3) is 10.8. The van der Waals surface area contributed by atoms with Crippen LogP contribution in [0.15, 0.2) is 43.0 Å². The van der Waals surface area contributed by atoms with Gasteiger partial charge in [-0.15, -0.1) is 0 Å². The molecule has 0 aliphatic heterocycles. The van der Waals surface area contributed by atoms with Crippen LogP contribution in [0.25, 0.3) is 0 Å². The summed E-state index contributed by atoms with van der Waals surface area (Å²) in [4.78, 5) is 55.7. The number of carbonyl (C=O) groups is 4. The Morgan fingerprint density at radius 3 is 2.07 bits per heavy atom. The molecule has 0 heterocycles. The Bertz CT molecular complexity index is 1010. The fourth-order valence-electron chi connectivity index (χ4n) is 4.94. The van der Waals surface area contributed by atoms with Crippen molar-refractivity contribution in [2.45, 2.75) is 85.2 Å². The molecule has 0 aliphatic rings. The molecule has 0 saturated heterocycles. The molecule has 0 bridgehead atoms. The average Bonchev–Trinajstić information content (AvgIpc) is 2.96. The minimum Gasteiger partial charge on any atom is -0.461 e. The molecule has 1 N–H and O–H groups in total. The number of benzene rings is 1. The van der Waals surface area contributed by atoms with Crippen LogP contribution in [0.4, 0.5) is 4.79 Å². The molecule has 10 heteroatoms. The van der Waals surface area contributed by atoms with Gasteiger partial charge in [0.1, 0.15) is 25.3 Å². The van der Waals surface area contributed by atoms with Crippen molar-refractivity contribution in [1.82, 2.24) is 15.1 Å². The van der Waals surface area contributed by atoms with Gasteiger partial charge in [0, 0.05) is 21.2 Å². The van der Waals surface area contributed by atoms with E-state index in [4.69, 9.17) is 14.2 Å². The van der Waals surface area contributed by atoms with E-state index in [1.54, 1.807) is 11.9 Å². The zero-order valence-corrected chi connectivity index (χ0v) is 26.8. The van der Waals surface area contributed by atoms with E-state index in [0.29, 0.717) is 0 Å². The SMILES string of the molecule is C=CCOC(=O)C[C@@H](OC)[C@H]([C@@H](C)CC)N(C)C(=O)[C@@H](NC(=O)[C@H](C(C)C)N(C)C(=O)OCc1ccccc1)C(C)C. The van der Waals surface area contributed by atoms with Crippen molar-refractivity contribution in [3.05, 3.63) is 48.6 Å². The summed E-state index contributed by atoms with van der Waals surface area (Å²) >= 11 is 0. The molecule has 0 aromatic heterocycles. The number of hydrogen-bond donors (Lipinski definition) is 1. The van der Waals surface area contributed by atoms with Gasteiger partial charge < -0.3 is 24.4 Å². The van der Waals surface area contributed by atoms with Gasteiger partial charge in [-0.25, -0.2) is 4.79 Å². The first-order valence-electron chi connectivity index (χ1n) is 14.6. The van der Waals surface area contributed by atoms with Crippen molar-refractivity contribution in [3.63, 3.8) is 0 Å². The van der Waals surface area contributed by atoms with Crippen molar-refractivity contribution < 1.29 is 33.4 Å². The van der Waals surface area contributed by atoms with E-state index in [-0.39, 0.29) is 43.3 Å². The summed E-state index contributed by atoms with van der Waals surface area (Å²) in [6.07, 6.45) is 0.918. The number of methoxy groups -OCH3 is 1. The lowest BCUT2D eigenvalue weighted by Gasteiger charge is -2.40. The van der Waals surface area contributed by atoms with Crippen LogP contribution in [0.2, 0.25) is 0 Å². The third-order valence-corrected chi connectivity index (χ3v) is 7.48. The maximum absolute atomic E-state index is 13.9. The number of esters is 1. The Labute approximate surface area is 251 Å². The first-order chi connectivity index (χ1) is 19.8. The lowest BCUT2D eigenvalue weighted by atomic mass is 9.90. The molecule has 1 aromatic rings. The Morgan fingerprint density at radius 1 is 0.952 bits per heavy atom. The summed E-state index contributed by atoms with van der Waals surface area (Å²) in [5.74, 6) is -1.77. The van der Waals surface area contributed by atoms with Gasteiger partial charge in [-0.3, -0.25) is 19.3 Å². The molecule has 3 amide bonds. The van der Waals surface area contributed by atoms with Gasteiger partial charge in [0.15, 0.2) is 0 Å². The summed E-state index contributed by atoms with van der Waals surface area (Å²) in [5.41, 5.74) is 0.831. The summed E-state index contributed by atoms with van der Waals surface area (Å²) < 4.78 is 16.3. The zero-order chi connectivity index (χ0) is 32.0. The highest BCUT2D eigenvalue weighted by Crippen LogP contribution is 2.24. The molecular formula is C32H51N3O7. The number of nitrogens with zero attached hydrogens (tertiary/aromatic N) is 2. The lowest BCUT2D eigenvalue weighted by molar-refractivity contribution is -0.151. The zero-order valence-electron chi connectivity index (χ0n) is 26.8. The highest BCUT2D eigenvalue weighted by Gasteiger charge is 2.39. The number of nitrogens with one attached hydrogen (secondary N) is 1. The highest BCUT2D eigenvalue weighted by atomic mass is 16.6. The molecule has 0 spiro atoms. The van der Waals surface area contributed by atoms with Gasteiger partial charge in [-0.1, -0.05) is 91.0 Å². The van der Waals surface area contributed by atoms with Crippen molar-refractivity contribution in [1.29, 1.82) is 0 Å². The second-order valence-corrected chi connectivity index (χ2v) is 11.3. The van der Waals surface area contributed by atoms with Crippen LogP contribution in [0, 0.1) is 17.8 Å². The van der Waals surface area contributed by atoms with E-state index < -0.39 is 42.2 Å². The maximum atomic E-state index is 13.9. The molecule has 1 rings (SSSR count). The molecule has 0 radical (unpaired) electrons. The number of carbonyl (C=O) groups excluding carboxylic acids is 4. The number of likely N-dealkylation sites (N-methyl/N-ethyl adjacent to an activating group) is 2. The highest BCUT2D eigenvalue weighted by molar-refractivity contribution is 5.91. The van der Waals surface area contributed by atoms with Gasteiger partial charge in [-0.05, 0) is 23.3 Å². The fourth-order valence-corrected chi connectivity index (χ4v) is 4.94. The van der Waals surface area contributed by atoms with Crippen molar-refractivity contribution in [3.8, 4) is 0 Å². The van der Waals surface area contributed by atoms with Crippen molar-refractivity contribution in [2.75, 3.05) is 27.8 Å². The van der Waals surface area contributed by atoms with Crippen LogP contribution in [0.1, 0.15) is 59.9 Å². The van der Waals surface area contributed by atoms with Crippen LogP contribution >= 0.6 is 0 Å². The van der Waals surface area contributed by atoms with E-state index >= 15 is 0 Å². The Balaban J connectivity index is 3.14. The van der Waals surface area contributed by atoms with Crippen LogP contribution in [0.3, 0.4) is 0 Å². The van der Waals surface area contributed by atoms with Gasteiger partial charge in [-0.2, -0.15) is 0 Å². The molecule has 1 aromatic carbocycles. The molecule has 0 unspecified atom stereocenters. The second-order valence-electron chi connectivity index (χ2n) is 11.3. The molecule has 42 heavy (non-hydrogen) atoms.